The van der Waals surface area contributed by atoms with Gasteiger partial charge in [-0.2, -0.15) is 0 Å². The molecule has 0 aliphatic carbocycles. The van der Waals surface area contributed by atoms with Crippen molar-refractivity contribution in [2.45, 2.75) is 13.3 Å². The lowest BCUT2D eigenvalue weighted by atomic mass is 10.5. The fourth-order valence-corrected chi connectivity index (χ4v) is 0.530. The van der Waals surface area contributed by atoms with E-state index in [0.29, 0.717) is 0 Å². The van der Waals surface area contributed by atoms with Crippen molar-refractivity contribution >= 4 is 10.1 Å². The van der Waals surface area contributed by atoms with Crippen LogP contribution in [-0.2, 0) is 10.1 Å². The molecule has 0 saturated heterocycles. The lowest BCUT2D eigenvalue weighted by molar-refractivity contribution is 0.469. The van der Waals surface area contributed by atoms with Gasteiger partial charge in [-0.3, -0.25) is 0 Å². The van der Waals surface area contributed by atoms with Crippen molar-refractivity contribution < 1.29 is 13.0 Å². The number of hydrogen-bond donors (Lipinski definition) is 0. The molecule has 0 fully saturated rings. The quantitative estimate of drug-likeness (QED) is 0.517. The highest BCUT2D eigenvalue weighted by Gasteiger charge is 1.95. The van der Waals surface area contributed by atoms with Crippen molar-refractivity contribution in [1.82, 2.24) is 0 Å². The molecule has 0 saturated carbocycles. The van der Waals surface area contributed by atoms with Crippen LogP contribution >= 0.6 is 0 Å². The fraction of sp³-hybridized carbons (Fsp3) is 0.500. The summed E-state index contributed by atoms with van der Waals surface area (Å²) in [6, 6.07) is 0. The van der Waals surface area contributed by atoms with Gasteiger partial charge < -0.3 is 4.55 Å². The molecule has 48 valence electrons. The summed E-state index contributed by atoms with van der Waals surface area (Å²) in [5, 5.41) is 0. The van der Waals surface area contributed by atoms with Gasteiger partial charge in [0, 0.05) is 4.91 Å². The molecule has 8 heavy (non-hydrogen) atoms. The lowest BCUT2D eigenvalue weighted by Crippen LogP contribution is -1.98. The molecule has 0 aromatic carbocycles. The third-order valence-electron chi connectivity index (χ3n) is 0.748. The minimum Gasteiger partial charge on any atom is -0.744 e. The average Bonchev–Trinajstić information content (AvgIpc) is 1.62. The van der Waals surface area contributed by atoms with Crippen LogP contribution in [0, 0.1) is 0 Å². The molecule has 0 rings (SSSR count). The van der Waals surface area contributed by atoms with E-state index in [4.69, 9.17) is 0 Å². The van der Waals surface area contributed by atoms with Crippen LogP contribution in [0.4, 0.5) is 0 Å². The Bertz CT molecular complexity index is 177. The lowest BCUT2D eigenvalue weighted by Gasteiger charge is -2.05. The Hall–Kier alpha value is -0.350. The Morgan fingerprint density at radius 3 is 2.12 bits per heavy atom. The molecule has 0 heterocycles. The predicted octanol–water partition coefficient (Wildman–Crippen LogP) is 0.455. The van der Waals surface area contributed by atoms with Gasteiger partial charge in [-0.15, -0.1) is 0 Å². The molecule has 0 unspecified atom stereocenters. The van der Waals surface area contributed by atoms with E-state index in [-0.39, 0.29) is 11.3 Å². The van der Waals surface area contributed by atoms with Crippen LogP contribution in [0.5, 0.6) is 0 Å². The summed E-state index contributed by atoms with van der Waals surface area (Å²) in [5.74, 6) is 0. The standard InChI is InChI=1S/C4H8O3S/c1-3-4(2)8(5,6)7/h2-3H2,1H3,(H,5,6,7)/p-1. The first-order valence-corrected chi connectivity index (χ1v) is 3.53. The van der Waals surface area contributed by atoms with Gasteiger partial charge in [0.2, 0.25) is 0 Å². The van der Waals surface area contributed by atoms with Crippen molar-refractivity contribution in [3.05, 3.63) is 11.5 Å². The summed E-state index contributed by atoms with van der Waals surface area (Å²) in [4.78, 5) is -0.252. The van der Waals surface area contributed by atoms with Crippen molar-refractivity contribution in [2.75, 3.05) is 0 Å². The number of rotatable bonds is 2. The first kappa shape index (κ1) is 7.65. The topological polar surface area (TPSA) is 57.2 Å². The van der Waals surface area contributed by atoms with Crippen LogP contribution < -0.4 is 0 Å². The van der Waals surface area contributed by atoms with Crippen molar-refractivity contribution in [1.29, 1.82) is 0 Å². The minimum atomic E-state index is -4.20. The molecular formula is C4H7O3S-. The highest BCUT2D eigenvalue weighted by atomic mass is 32.2. The molecule has 0 bridgehead atoms. The van der Waals surface area contributed by atoms with Crippen molar-refractivity contribution in [2.24, 2.45) is 0 Å². The van der Waals surface area contributed by atoms with Crippen LogP contribution in [0.1, 0.15) is 13.3 Å². The predicted molar refractivity (Wildman–Crippen MR) is 29.1 cm³/mol. The molecule has 0 spiro atoms. The van der Waals surface area contributed by atoms with Crippen LogP contribution in [-0.4, -0.2) is 13.0 Å². The summed E-state index contributed by atoms with van der Waals surface area (Å²) < 4.78 is 29.7. The SMILES string of the molecule is C=C(CC)S(=O)(=O)[O-]. The van der Waals surface area contributed by atoms with E-state index in [1.165, 1.54) is 0 Å². The third-order valence-corrected chi connectivity index (χ3v) is 1.74. The summed E-state index contributed by atoms with van der Waals surface area (Å²) in [6.45, 7) is 4.61. The third kappa shape index (κ3) is 2.09. The molecule has 3 nitrogen and oxygen atoms in total. The summed E-state index contributed by atoms with van der Waals surface area (Å²) in [7, 11) is -4.20. The smallest absolute Gasteiger partial charge is 0.119 e. The second-order valence-electron chi connectivity index (χ2n) is 1.35. The molecular weight excluding hydrogens is 128 g/mol. The highest BCUT2D eigenvalue weighted by molar-refractivity contribution is 7.89. The monoisotopic (exact) mass is 135 g/mol. The molecule has 0 aliphatic heterocycles. The molecule has 0 atom stereocenters. The largest absolute Gasteiger partial charge is 0.744 e. The zero-order valence-corrected chi connectivity index (χ0v) is 5.36. The Balaban J connectivity index is 4.29. The van der Waals surface area contributed by atoms with Gasteiger partial charge in [-0.25, -0.2) is 8.42 Å². The van der Waals surface area contributed by atoms with Gasteiger partial charge in [0.1, 0.15) is 10.1 Å². The van der Waals surface area contributed by atoms with Gasteiger partial charge in [-0.05, 0) is 6.42 Å². The molecule has 0 N–H and O–H groups in total. The van der Waals surface area contributed by atoms with Crippen LogP contribution in [0.3, 0.4) is 0 Å². The molecule has 0 amide bonds. The van der Waals surface area contributed by atoms with Gasteiger partial charge in [0.15, 0.2) is 0 Å². The minimum absolute atomic E-state index is 0.200. The van der Waals surface area contributed by atoms with Gasteiger partial charge in [0.25, 0.3) is 0 Å². The molecule has 0 aliphatic rings. The normalized spacial score (nSPS) is 11.2. The molecule has 0 aromatic heterocycles. The number of allylic oxidation sites excluding steroid dienone is 1. The Morgan fingerprint density at radius 2 is 2.12 bits per heavy atom. The maximum atomic E-state index is 9.91. The summed E-state index contributed by atoms with van der Waals surface area (Å²) in [6.07, 6.45) is 0.200. The molecule has 4 heteroatoms. The van der Waals surface area contributed by atoms with E-state index in [9.17, 15) is 13.0 Å². The zero-order valence-electron chi connectivity index (χ0n) is 4.55. The highest BCUT2D eigenvalue weighted by Crippen LogP contribution is 2.02. The van der Waals surface area contributed by atoms with Gasteiger partial charge in [-0.1, -0.05) is 13.5 Å². The van der Waals surface area contributed by atoms with Gasteiger partial charge in [0.05, 0.1) is 0 Å². The van der Waals surface area contributed by atoms with E-state index < -0.39 is 10.1 Å². The van der Waals surface area contributed by atoms with Crippen molar-refractivity contribution in [3.8, 4) is 0 Å². The van der Waals surface area contributed by atoms with E-state index in [2.05, 4.69) is 6.58 Å². The zero-order chi connectivity index (χ0) is 6.78. The first-order chi connectivity index (χ1) is 3.48. The average molecular weight is 135 g/mol. The van der Waals surface area contributed by atoms with Crippen molar-refractivity contribution in [3.63, 3.8) is 0 Å². The summed E-state index contributed by atoms with van der Waals surface area (Å²) in [5.41, 5.74) is 0. The van der Waals surface area contributed by atoms with E-state index in [1.807, 2.05) is 0 Å². The molecule has 0 radical (unpaired) electrons. The Morgan fingerprint density at radius 1 is 1.75 bits per heavy atom. The maximum absolute atomic E-state index is 9.91. The van der Waals surface area contributed by atoms with Gasteiger partial charge >= 0.3 is 0 Å². The second-order valence-corrected chi connectivity index (χ2v) is 2.83. The van der Waals surface area contributed by atoms with E-state index in [1.54, 1.807) is 6.92 Å². The van der Waals surface area contributed by atoms with Crippen LogP contribution in [0.25, 0.3) is 0 Å². The second kappa shape index (κ2) is 2.28. The first-order valence-electron chi connectivity index (χ1n) is 2.12. The Kier molecular flexibility index (Phi) is 2.18. The maximum Gasteiger partial charge on any atom is 0.119 e. The fourth-order valence-electron chi connectivity index (χ4n) is 0.177. The van der Waals surface area contributed by atoms with Crippen LogP contribution in [0.15, 0.2) is 11.5 Å². The molecule has 0 aromatic rings. The van der Waals surface area contributed by atoms with E-state index >= 15 is 0 Å². The number of hydrogen-bond acceptors (Lipinski definition) is 3. The Labute approximate surface area is 48.8 Å². The van der Waals surface area contributed by atoms with E-state index in [0.717, 1.165) is 0 Å². The van der Waals surface area contributed by atoms with Crippen LogP contribution in [0.2, 0.25) is 0 Å². The summed E-state index contributed by atoms with van der Waals surface area (Å²) >= 11 is 0.